The third-order valence-electron chi connectivity index (χ3n) is 3.59. The summed E-state index contributed by atoms with van der Waals surface area (Å²) in [5.74, 6) is 0.972. The van der Waals surface area contributed by atoms with Gasteiger partial charge in [0.1, 0.15) is 0 Å². The van der Waals surface area contributed by atoms with Crippen LogP contribution in [0.1, 0.15) is 25.0 Å². The number of hydrogen-bond donors (Lipinski definition) is 1. The number of nitro groups is 1. The van der Waals surface area contributed by atoms with Crippen LogP contribution in [0, 0.1) is 10.1 Å². The molecule has 2 aromatic rings. The maximum atomic E-state index is 12.0. The first-order chi connectivity index (χ1) is 12.9. The highest BCUT2D eigenvalue weighted by Gasteiger charge is 2.07. The predicted molar refractivity (Wildman–Crippen MR) is 103 cm³/mol. The number of carbonyl (C=O) groups excluding carboxylic acids is 1. The minimum absolute atomic E-state index is 0.0174. The van der Waals surface area contributed by atoms with Crippen molar-refractivity contribution < 1.29 is 19.2 Å². The minimum atomic E-state index is -0.461. The molecule has 0 aromatic heterocycles. The first-order valence-corrected chi connectivity index (χ1v) is 8.43. The van der Waals surface area contributed by atoms with E-state index in [-0.39, 0.29) is 24.2 Å². The molecule has 0 radical (unpaired) electrons. The van der Waals surface area contributed by atoms with Crippen molar-refractivity contribution in [3.05, 3.63) is 69.8 Å². The highest BCUT2D eigenvalue weighted by molar-refractivity contribution is 5.91. The number of hydrogen-bond acceptors (Lipinski definition) is 5. The summed E-state index contributed by atoms with van der Waals surface area (Å²) in [4.78, 5) is 22.1. The van der Waals surface area contributed by atoms with Crippen LogP contribution in [0.15, 0.2) is 48.5 Å². The number of nitrogens with one attached hydrogen (secondary N) is 1. The first kappa shape index (κ1) is 20.0. The van der Waals surface area contributed by atoms with Crippen molar-refractivity contribution in [2.45, 2.75) is 26.5 Å². The number of carbonyl (C=O) groups is 1. The summed E-state index contributed by atoms with van der Waals surface area (Å²) in [5.41, 5.74) is 1.59. The molecule has 0 aliphatic heterocycles. The molecule has 0 saturated carbocycles. The van der Waals surface area contributed by atoms with Crippen molar-refractivity contribution in [2.24, 2.45) is 0 Å². The maximum absolute atomic E-state index is 12.0. The van der Waals surface area contributed by atoms with Gasteiger partial charge in [0.2, 0.25) is 5.91 Å². The van der Waals surface area contributed by atoms with Crippen molar-refractivity contribution in [2.75, 3.05) is 7.11 Å². The molecular formula is C20H22N2O5. The Kier molecular flexibility index (Phi) is 6.93. The number of amides is 1. The van der Waals surface area contributed by atoms with Crippen LogP contribution in [-0.4, -0.2) is 24.0 Å². The van der Waals surface area contributed by atoms with Crippen LogP contribution in [0.4, 0.5) is 5.69 Å². The van der Waals surface area contributed by atoms with Crippen molar-refractivity contribution in [1.29, 1.82) is 0 Å². The highest BCUT2D eigenvalue weighted by atomic mass is 16.6. The SMILES string of the molecule is COc1cc(C=CC(=O)NCc2ccc([N+](=O)[O-])cc2)ccc1OC(C)C. The van der Waals surface area contributed by atoms with E-state index in [4.69, 9.17) is 9.47 Å². The molecule has 2 rings (SSSR count). The molecule has 0 spiro atoms. The van der Waals surface area contributed by atoms with Gasteiger partial charge < -0.3 is 14.8 Å². The van der Waals surface area contributed by atoms with Gasteiger partial charge in [0.25, 0.3) is 5.69 Å². The van der Waals surface area contributed by atoms with Crippen molar-refractivity contribution in [3.8, 4) is 11.5 Å². The molecule has 0 heterocycles. The third kappa shape index (κ3) is 6.14. The summed E-state index contributed by atoms with van der Waals surface area (Å²) in [6, 6.07) is 11.5. The first-order valence-electron chi connectivity index (χ1n) is 8.43. The van der Waals surface area contributed by atoms with Crippen molar-refractivity contribution >= 4 is 17.7 Å². The Morgan fingerprint density at radius 3 is 2.48 bits per heavy atom. The predicted octanol–water partition coefficient (Wildman–Crippen LogP) is 3.72. The monoisotopic (exact) mass is 370 g/mol. The van der Waals surface area contributed by atoms with Crippen LogP contribution < -0.4 is 14.8 Å². The normalized spacial score (nSPS) is 10.8. The summed E-state index contributed by atoms with van der Waals surface area (Å²) in [6.07, 6.45) is 3.13. The Morgan fingerprint density at radius 2 is 1.89 bits per heavy atom. The van der Waals surface area contributed by atoms with E-state index in [1.165, 1.54) is 18.2 Å². The zero-order valence-corrected chi connectivity index (χ0v) is 15.5. The summed E-state index contributed by atoms with van der Waals surface area (Å²) in [5, 5.41) is 13.4. The van der Waals surface area contributed by atoms with E-state index < -0.39 is 4.92 Å². The van der Waals surface area contributed by atoms with Gasteiger partial charge in [-0.1, -0.05) is 18.2 Å². The van der Waals surface area contributed by atoms with Crippen LogP contribution in [0.25, 0.3) is 6.08 Å². The van der Waals surface area contributed by atoms with Gasteiger partial charge in [-0.2, -0.15) is 0 Å². The molecule has 2 aromatic carbocycles. The summed E-state index contributed by atoms with van der Waals surface area (Å²) in [6.45, 7) is 4.15. The number of nitrogens with zero attached hydrogens (tertiary/aromatic N) is 1. The molecule has 27 heavy (non-hydrogen) atoms. The number of benzene rings is 2. The maximum Gasteiger partial charge on any atom is 0.269 e. The van der Waals surface area contributed by atoms with E-state index in [9.17, 15) is 14.9 Å². The van der Waals surface area contributed by atoms with E-state index in [1.54, 1.807) is 37.5 Å². The van der Waals surface area contributed by atoms with Crippen molar-refractivity contribution in [3.63, 3.8) is 0 Å². The molecule has 1 amide bonds. The van der Waals surface area contributed by atoms with Crippen LogP contribution in [-0.2, 0) is 11.3 Å². The van der Waals surface area contributed by atoms with E-state index >= 15 is 0 Å². The van der Waals surface area contributed by atoms with Crippen LogP contribution in [0.2, 0.25) is 0 Å². The van der Waals surface area contributed by atoms with Gasteiger partial charge in [-0.15, -0.1) is 0 Å². The van der Waals surface area contributed by atoms with Gasteiger partial charge >= 0.3 is 0 Å². The molecule has 7 nitrogen and oxygen atoms in total. The minimum Gasteiger partial charge on any atom is -0.493 e. The average molecular weight is 370 g/mol. The molecule has 0 unspecified atom stereocenters. The topological polar surface area (TPSA) is 90.7 Å². The molecular weight excluding hydrogens is 348 g/mol. The van der Waals surface area contributed by atoms with E-state index in [1.807, 2.05) is 19.9 Å². The van der Waals surface area contributed by atoms with Crippen LogP contribution in [0.5, 0.6) is 11.5 Å². The molecule has 1 N–H and O–H groups in total. The molecule has 7 heteroatoms. The quantitative estimate of drug-likeness (QED) is 0.434. The van der Waals surface area contributed by atoms with E-state index in [2.05, 4.69) is 5.32 Å². The standard InChI is InChI=1S/C20H22N2O5/c1-14(2)27-18-10-6-15(12-19(18)26-3)7-11-20(23)21-13-16-4-8-17(9-5-16)22(24)25/h4-12,14H,13H2,1-3H3,(H,21,23). The lowest BCUT2D eigenvalue weighted by atomic mass is 10.1. The van der Waals surface area contributed by atoms with Gasteiger partial charge in [-0.05, 0) is 43.2 Å². The second-order valence-corrected chi connectivity index (χ2v) is 6.05. The molecule has 0 fully saturated rings. The zero-order valence-electron chi connectivity index (χ0n) is 15.5. The number of rotatable bonds is 8. The Hall–Kier alpha value is -3.35. The molecule has 0 atom stereocenters. The van der Waals surface area contributed by atoms with Crippen LogP contribution in [0.3, 0.4) is 0 Å². The number of ether oxygens (including phenoxy) is 2. The summed E-state index contributed by atoms with van der Waals surface area (Å²) in [7, 11) is 1.56. The molecule has 142 valence electrons. The summed E-state index contributed by atoms with van der Waals surface area (Å²) < 4.78 is 11.0. The smallest absolute Gasteiger partial charge is 0.269 e. The van der Waals surface area contributed by atoms with Gasteiger partial charge in [0, 0.05) is 24.8 Å². The Labute approximate surface area is 157 Å². The second-order valence-electron chi connectivity index (χ2n) is 6.05. The molecule has 0 saturated heterocycles. The zero-order chi connectivity index (χ0) is 19.8. The number of nitro benzene ring substituents is 1. The fourth-order valence-electron chi connectivity index (χ4n) is 2.29. The summed E-state index contributed by atoms with van der Waals surface area (Å²) >= 11 is 0. The molecule has 0 bridgehead atoms. The fraction of sp³-hybridized carbons (Fsp3) is 0.250. The largest absolute Gasteiger partial charge is 0.493 e. The van der Waals surface area contributed by atoms with Crippen LogP contribution >= 0.6 is 0 Å². The van der Waals surface area contributed by atoms with Gasteiger partial charge in [0.15, 0.2) is 11.5 Å². The average Bonchev–Trinajstić information content (AvgIpc) is 2.65. The lowest BCUT2D eigenvalue weighted by Gasteiger charge is -2.13. The second kappa shape index (κ2) is 9.38. The fourth-order valence-corrected chi connectivity index (χ4v) is 2.29. The highest BCUT2D eigenvalue weighted by Crippen LogP contribution is 2.29. The molecule has 0 aliphatic rings. The Morgan fingerprint density at radius 1 is 1.19 bits per heavy atom. The lowest BCUT2D eigenvalue weighted by Crippen LogP contribution is -2.20. The van der Waals surface area contributed by atoms with Gasteiger partial charge in [-0.25, -0.2) is 0 Å². The van der Waals surface area contributed by atoms with E-state index in [0.717, 1.165) is 11.1 Å². The lowest BCUT2D eigenvalue weighted by molar-refractivity contribution is -0.384. The number of methoxy groups -OCH3 is 1. The third-order valence-corrected chi connectivity index (χ3v) is 3.59. The Bertz CT molecular complexity index is 829. The Balaban J connectivity index is 1.94. The number of non-ortho nitro benzene ring substituents is 1. The van der Waals surface area contributed by atoms with Gasteiger partial charge in [-0.3, -0.25) is 14.9 Å². The van der Waals surface area contributed by atoms with E-state index in [0.29, 0.717) is 11.5 Å². The molecule has 0 aliphatic carbocycles. The van der Waals surface area contributed by atoms with Crippen molar-refractivity contribution in [1.82, 2.24) is 5.32 Å². The van der Waals surface area contributed by atoms with Gasteiger partial charge in [0.05, 0.1) is 18.1 Å².